The molecule has 0 bridgehead atoms. The predicted molar refractivity (Wildman–Crippen MR) is 86.0 cm³/mol. The molecule has 0 saturated heterocycles. The van der Waals surface area contributed by atoms with Gasteiger partial charge < -0.3 is 10.2 Å². The van der Waals surface area contributed by atoms with Crippen molar-refractivity contribution in [3.63, 3.8) is 0 Å². The first kappa shape index (κ1) is 15.6. The molecule has 21 heavy (non-hydrogen) atoms. The summed E-state index contributed by atoms with van der Waals surface area (Å²) in [6.45, 7) is 0.424. The highest BCUT2D eigenvalue weighted by Crippen LogP contribution is 2.19. The van der Waals surface area contributed by atoms with E-state index in [1.807, 2.05) is 18.2 Å². The van der Waals surface area contributed by atoms with Gasteiger partial charge in [-0.15, -0.1) is 0 Å². The second kappa shape index (κ2) is 6.78. The number of anilines is 1. The number of benzene rings is 1. The van der Waals surface area contributed by atoms with Gasteiger partial charge in [0.05, 0.1) is 0 Å². The Morgan fingerprint density at radius 1 is 1.29 bits per heavy atom. The summed E-state index contributed by atoms with van der Waals surface area (Å²) in [6, 6.07) is 10.7. The maximum atomic E-state index is 12.4. The summed E-state index contributed by atoms with van der Waals surface area (Å²) in [6.07, 6.45) is 0. The Kier molecular flexibility index (Phi) is 5.04. The zero-order valence-electron chi connectivity index (χ0n) is 11.7. The van der Waals surface area contributed by atoms with Crippen LogP contribution in [0.4, 0.5) is 5.82 Å². The van der Waals surface area contributed by atoms with E-state index in [2.05, 4.69) is 10.3 Å². The molecule has 0 aliphatic carbocycles. The molecule has 0 spiro atoms. The molecule has 2 aromatic rings. The molecular weight excluding hydrogens is 309 g/mol. The third-order valence-electron chi connectivity index (χ3n) is 3.01. The van der Waals surface area contributed by atoms with Gasteiger partial charge in [-0.3, -0.25) is 4.79 Å². The van der Waals surface area contributed by atoms with Crippen LogP contribution in [0.3, 0.4) is 0 Å². The zero-order valence-corrected chi connectivity index (χ0v) is 13.2. The Balaban J connectivity index is 2.20. The van der Waals surface area contributed by atoms with E-state index in [0.29, 0.717) is 22.9 Å². The van der Waals surface area contributed by atoms with Crippen molar-refractivity contribution in [2.24, 2.45) is 0 Å². The van der Waals surface area contributed by atoms with Gasteiger partial charge in [-0.25, -0.2) is 4.98 Å². The molecule has 0 aliphatic heterocycles. The molecule has 6 heteroatoms. The topological polar surface area (TPSA) is 45.2 Å². The zero-order chi connectivity index (χ0) is 15.4. The van der Waals surface area contributed by atoms with Gasteiger partial charge in [0.25, 0.3) is 5.91 Å². The van der Waals surface area contributed by atoms with Crippen LogP contribution in [0.5, 0.6) is 0 Å². The van der Waals surface area contributed by atoms with Crippen LogP contribution in [0.15, 0.2) is 36.4 Å². The lowest BCUT2D eigenvalue weighted by atomic mass is 10.2. The minimum absolute atomic E-state index is 0.143. The van der Waals surface area contributed by atoms with Gasteiger partial charge in [-0.2, -0.15) is 0 Å². The SMILES string of the molecule is CNc1cc(C(=O)N(C)Cc2ccccc2Cl)cc(Cl)n1. The first-order valence-electron chi connectivity index (χ1n) is 6.35. The summed E-state index contributed by atoms with van der Waals surface area (Å²) in [4.78, 5) is 18.1. The molecule has 0 radical (unpaired) electrons. The number of aromatic nitrogens is 1. The third-order valence-corrected chi connectivity index (χ3v) is 3.57. The summed E-state index contributed by atoms with van der Waals surface area (Å²) in [5.74, 6) is 0.410. The molecule has 0 unspecified atom stereocenters. The van der Waals surface area contributed by atoms with E-state index in [0.717, 1.165) is 5.56 Å². The van der Waals surface area contributed by atoms with Gasteiger partial charge in [0.1, 0.15) is 11.0 Å². The number of rotatable bonds is 4. The van der Waals surface area contributed by atoms with Crippen molar-refractivity contribution in [1.82, 2.24) is 9.88 Å². The molecule has 1 heterocycles. The summed E-state index contributed by atoms with van der Waals surface area (Å²) in [5, 5.41) is 3.79. The lowest BCUT2D eigenvalue weighted by Crippen LogP contribution is -2.26. The van der Waals surface area contributed by atoms with Crippen LogP contribution in [-0.2, 0) is 6.54 Å². The maximum Gasteiger partial charge on any atom is 0.254 e. The second-order valence-electron chi connectivity index (χ2n) is 4.57. The van der Waals surface area contributed by atoms with Crippen LogP contribution >= 0.6 is 23.2 Å². The summed E-state index contributed by atoms with van der Waals surface area (Å²) < 4.78 is 0. The number of hydrogen-bond acceptors (Lipinski definition) is 3. The molecule has 1 aromatic carbocycles. The molecule has 4 nitrogen and oxygen atoms in total. The first-order valence-corrected chi connectivity index (χ1v) is 7.11. The van der Waals surface area contributed by atoms with Gasteiger partial charge in [0.2, 0.25) is 0 Å². The lowest BCUT2D eigenvalue weighted by Gasteiger charge is -2.18. The Bertz CT molecular complexity index is 661. The van der Waals surface area contributed by atoms with Crippen LogP contribution in [0, 0.1) is 0 Å². The van der Waals surface area contributed by atoms with Gasteiger partial charge in [-0.1, -0.05) is 41.4 Å². The number of carbonyl (C=O) groups excluding carboxylic acids is 1. The number of amides is 1. The van der Waals surface area contributed by atoms with Crippen molar-refractivity contribution in [2.75, 3.05) is 19.4 Å². The highest BCUT2D eigenvalue weighted by molar-refractivity contribution is 6.31. The van der Waals surface area contributed by atoms with Gasteiger partial charge in [-0.05, 0) is 23.8 Å². The average molecular weight is 324 g/mol. The number of carbonyl (C=O) groups is 1. The highest BCUT2D eigenvalue weighted by atomic mass is 35.5. The summed E-state index contributed by atoms with van der Waals surface area (Å²) in [5.41, 5.74) is 1.37. The highest BCUT2D eigenvalue weighted by Gasteiger charge is 2.15. The van der Waals surface area contributed by atoms with E-state index in [-0.39, 0.29) is 11.1 Å². The van der Waals surface area contributed by atoms with Crippen molar-refractivity contribution < 1.29 is 4.79 Å². The van der Waals surface area contributed by atoms with Gasteiger partial charge in [0.15, 0.2) is 0 Å². The molecule has 0 saturated carbocycles. The molecule has 0 fully saturated rings. The lowest BCUT2D eigenvalue weighted by molar-refractivity contribution is 0.0785. The first-order chi connectivity index (χ1) is 10.0. The van der Waals surface area contributed by atoms with E-state index in [1.165, 1.54) is 0 Å². The van der Waals surface area contributed by atoms with Gasteiger partial charge >= 0.3 is 0 Å². The smallest absolute Gasteiger partial charge is 0.254 e. The molecule has 1 N–H and O–H groups in total. The third kappa shape index (κ3) is 3.86. The molecule has 1 aromatic heterocycles. The Hall–Kier alpha value is -1.78. The Morgan fingerprint density at radius 3 is 2.67 bits per heavy atom. The predicted octanol–water partition coefficient (Wildman–Crippen LogP) is 3.70. The van der Waals surface area contributed by atoms with E-state index in [9.17, 15) is 4.79 Å². The molecular formula is C15H15Cl2N3O. The van der Waals surface area contributed by atoms with E-state index >= 15 is 0 Å². The van der Waals surface area contributed by atoms with Crippen molar-refractivity contribution in [1.29, 1.82) is 0 Å². The fourth-order valence-corrected chi connectivity index (χ4v) is 2.33. The van der Waals surface area contributed by atoms with Crippen LogP contribution < -0.4 is 5.32 Å². The minimum Gasteiger partial charge on any atom is -0.373 e. The fourth-order valence-electron chi connectivity index (χ4n) is 1.92. The molecule has 1 amide bonds. The van der Waals surface area contributed by atoms with Crippen molar-refractivity contribution in [3.05, 3.63) is 57.7 Å². The van der Waals surface area contributed by atoms with E-state index < -0.39 is 0 Å². The average Bonchev–Trinajstić information content (AvgIpc) is 2.48. The number of nitrogens with zero attached hydrogens (tertiary/aromatic N) is 2. The molecule has 0 atom stereocenters. The molecule has 110 valence electrons. The Labute approximate surface area is 133 Å². The standard InChI is InChI=1S/C15H15Cl2N3O/c1-18-14-8-11(7-13(17)19-14)15(21)20(2)9-10-5-3-4-6-12(10)16/h3-8H,9H2,1-2H3,(H,18,19). The number of pyridine rings is 1. The quantitative estimate of drug-likeness (QED) is 0.872. The normalized spacial score (nSPS) is 10.3. The van der Waals surface area contributed by atoms with Crippen LogP contribution in [-0.4, -0.2) is 29.9 Å². The fraction of sp³-hybridized carbons (Fsp3) is 0.200. The maximum absolute atomic E-state index is 12.4. The van der Waals surface area contributed by atoms with Crippen LogP contribution in [0.1, 0.15) is 15.9 Å². The summed E-state index contributed by atoms with van der Waals surface area (Å²) >= 11 is 12.0. The number of halogens is 2. The van der Waals surface area contributed by atoms with Crippen molar-refractivity contribution in [3.8, 4) is 0 Å². The Morgan fingerprint density at radius 2 is 2.00 bits per heavy atom. The van der Waals surface area contributed by atoms with Crippen LogP contribution in [0.25, 0.3) is 0 Å². The monoisotopic (exact) mass is 323 g/mol. The van der Waals surface area contributed by atoms with E-state index in [4.69, 9.17) is 23.2 Å². The van der Waals surface area contributed by atoms with Crippen molar-refractivity contribution >= 4 is 34.9 Å². The summed E-state index contributed by atoms with van der Waals surface area (Å²) in [7, 11) is 3.44. The largest absolute Gasteiger partial charge is 0.373 e. The van der Waals surface area contributed by atoms with E-state index in [1.54, 1.807) is 37.2 Å². The molecule has 0 aliphatic rings. The molecule has 2 rings (SSSR count). The van der Waals surface area contributed by atoms with Crippen molar-refractivity contribution in [2.45, 2.75) is 6.54 Å². The van der Waals surface area contributed by atoms with Crippen LogP contribution in [0.2, 0.25) is 10.2 Å². The number of hydrogen-bond donors (Lipinski definition) is 1. The number of nitrogens with one attached hydrogen (secondary N) is 1. The van der Waals surface area contributed by atoms with Gasteiger partial charge in [0, 0.05) is 31.2 Å². The minimum atomic E-state index is -0.143. The second-order valence-corrected chi connectivity index (χ2v) is 5.36.